The van der Waals surface area contributed by atoms with Gasteiger partial charge in [0.2, 0.25) is 0 Å². The molecular weight excluding hydrogens is 779 g/mol. The maximum atomic E-state index is 13.7. The molecule has 0 aliphatic carbocycles. The van der Waals surface area contributed by atoms with Gasteiger partial charge in [0.15, 0.2) is 0 Å². The van der Waals surface area contributed by atoms with Crippen LogP contribution in [0.3, 0.4) is 0 Å². The molecule has 0 radical (unpaired) electrons. The Labute approximate surface area is 350 Å². The van der Waals surface area contributed by atoms with Crippen molar-refractivity contribution in [2.45, 2.75) is 128 Å². The molecule has 2 atom stereocenters. The van der Waals surface area contributed by atoms with Gasteiger partial charge in [-0.05, 0) is 118 Å². The number of piperidine rings is 2. The molecule has 4 aliphatic heterocycles. The van der Waals surface area contributed by atoms with E-state index in [1.165, 1.54) is 24.3 Å². The summed E-state index contributed by atoms with van der Waals surface area (Å²) < 4.78 is 40.0. The molecule has 3 aromatic rings. The molecule has 0 spiro atoms. The summed E-state index contributed by atoms with van der Waals surface area (Å²) in [4.78, 5) is 59.2. The number of nitro benzene ring substituents is 1. The average molecular weight is 841 g/mol. The highest BCUT2D eigenvalue weighted by Crippen LogP contribution is 2.36. The maximum absolute atomic E-state index is 13.7. The summed E-state index contributed by atoms with van der Waals surface area (Å²) in [7, 11) is 0. The van der Waals surface area contributed by atoms with Crippen LogP contribution in [0.1, 0.15) is 100.0 Å². The lowest BCUT2D eigenvalue weighted by Gasteiger charge is -2.43. The van der Waals surface area contributed by atoms with E-state index in [0.29, 0.717) is 37.2 Å². The zero-order chi connectivity index (χ0) is 43.8. The van der Waals surface area contributed by atoms with Crippen LogP contribution in [-0.2, 0) is 9.47 Å². The Balaban J connectivity index is 0.000000201. The average Bonchev–Trinajstić information content (AvgIpc) is 3.86. The summed E-state index contributed by atoms with van der Waals surface area (Å²) in [6, 6.07) is 7.95. The van der Waals surface area contributed by atoms with Gasteiger partial charge in [-0.2, -0.15) is 0 Å². The molecule has 7 rings (SSSR count). The number of aromatic nitrogens is 2. The third-order valence-electron chi connectivity index (χ3n) is 12.3. The highest BCUT2D eigenvalue weighted by molar-refractivity contribution is 5.75. The van der Waals surface area contributed by atoms with Gasteiger partial charge in [0.25, 0.3) is 5.69 Å². The quantitative estimate of drug-likeness (QED) is 0.188. The van der Waals surface area contributed by atoms with Gasteiger partial charge in [-0.3, -0.25) is 24.5 Å². The van der Waals surface area contributed by atoms with Crippen molar-refractivity contribution in [1.29, 1.82) is 0 Å². The molecule has 4 saturated heterocycles. The minimum Gasteiger partial charge on any atom is -0.444 e. The van der Waals surface area contributed by atoms with E-state index in [4.69, 9.17) is 9.47 Å². The van der Waals surface area contributed by atoms with Crippen LogP contribution in [0.2, 0.25) is 0 Å². The number of imidazole rings is 1. The fourth-order valence-corrected chi connectivity index (χ4v) is 9.06. The number of ether oxygens (including phenoxy) is 2. The number of carbonyl (C=O) groups excluding carboxylic acids is 2. The van der Waals surface area contributed by atoms with Crippen molar-refractivity contribution in [3.8, 4) is 0 Å². The van der Waals surface area contributed by atoms with Gasteiger partial charge in [0.05, 0.1) is 16.0 Å². The van der Waals surface area contributed by atoms with Crippen molar-refractivity contribution in [3.05, 3.63) is 68.6 Å². The molecule has 2 unspecified atom stereocenters. The minimum atomic E-state index is -0.514. The van der Waals surface area contributed by atoms with Crippen LogP contribution in [-0.4, -0.2) is 127 Å². The first-order valence-electron chi connectivity index (χ1n) is 21.1. The Hall–Kier alpha value is -4.77. The molecule has 0 saturated carbocycles. The number of amides is 2. The number of nitro groups is 1. The number of fused-ring (bicyclic) bond motifs is 1. The number of likely N-dealkylation sites (tertiary alicyclic amines) is 4. The molecule has 2 aromatic carbocycles. The summed E-state index contributed by atoms with van der Waals surface area (Å²) in [6.07, 6.45) is 4.44. The predicted octanol–water partition coefficient (Wildman–Crippen LogP) is 7.51. The third-order valence-corrected chi connectivity index (χ3v) is 12.3. The van der Waals surface area contributed by atoms with E-state index in [1.54, 1.807) is 20.4 Å². The van der Waals surface area contributed by atoms with Crippen molar-refractivity contribution >= 4 is 34.6 Å². The molecule has 1 aromatic heterocycles. The zero-order valence-electron chi connectivity index (χ0n) is 36.3. The molecule has 15 nitrogen and oxygen atoms in total. The number of H-pyrrole nitrogens is 1. The molecule has 60 heavy (non-hydrogen) atoms. The molecule has 2 amide bonds. The zero-order valence-corrected chi connectivity index (χ0v) is 36.3. The molecule has 17 heteroatoms. The number of nitrogens with zero attached hydrogens (tertiary/aromatic N) is 6. The fourth-order valence-electron chi connectivity index (χ4n) is 9.06. The Morgan fingerprint density at radius 2 is 1.27 bits per heavy atom. The predicted molar refractivity (Wildman–Crippen MR) is 225 cm³/mol. The normalized spacial score (nSPS) is 23.7. The number of anilines is 1. The van der Waals surface area contributed by atoms with Crippen molar-refractivity contribution in [3.63, 3.8) is 0 Å². The number of carbonyl (C=O) groups is 2. The summed E-state index contributed by atoms with van der Waals surface area (Å²) in [6.45, 7) is 21.5. The van der Waals surface area contributed by atoms with Crippen molar-refractivity contribution < 1.29 is 32.8 Å². The number of rotatable bonds is 6. The van der Waals surface area contributed by atoms with Gasteiger partial charge in [0, 0.05) is 87.7 Å². The number of hydrogen-bond donors (Lipinski definition) is 2. The van der Waals surface area contributed by atoms with E-state index in [-0.39, 0.29) is 58.2 Å². The van der Waals surface area contributed by atoms with Crippen LogP contribution < -0.4 is 11.0 Å². The molecule has 2 N–H and O–H groups in total. The lowest BCUT2D eigenvalue weighted by molar-refractivity contribution is -0.384. The first-order chi connectivity index (χ1) is 28.0. The smallest absolute Gasteiger partial charge is 0.410 e. The number of nitrogens with one attached hydrogen (secondary N) is 2. The van der Waals surface area contributed by atoms with Crippen molar-refractivity contribution in [1.82, 2.24) is 29.2 Å². The second-order valence-corrected chi connectivity index (χ2v) is 19.3. The number of halogens is 2. The lowest BCUT2D eigenvalue weighted by atomic mass is 9.94. The van der Waals surface area contributed by atoms with E-state index in [1.807, 2.05) is 41.5 Å². The maximum Gasteiger partial charge on any atom is 0.410 e. The van der Waals surface area contributed by atoms with E-state index < -0.39 is 21.9 Å². The van der Waals surface area contributed by atoms with Crippen molar-refractivity contribution in [2.75, 3.05) is 57.7 Å². The van der Waals surface area contributed by atoms with E-state index in [0.717, 1.165) is 70.8 Å². The lowest BCUT2D eigenvalue weighted by Crippen LogP contribution is -2.53. The van der Waals surface area contributed by atoms with Crippen LogP contribution in [0.4, 0.5) is 29.7 Å². The van der Waals surface area contributed by atoms with Crippen LogP contribution in [0, 0.1) is 21.7 Å². The highest BCUT2D eigenvalue weighted by Gasteiger charge is 2.44. The fraction of sp³-hybridized carbons (Fsp3) is 0.651. The van der Waals surface area contributed by atoms with E-state index in [2.05, 4.69) is 33.9 Å². The standard InChI is InChI=1S/C22H31FN4O3.C21H31FN4O4/c1-21(2,3)30-20(29)25-12-9-22(4,14-25)26-10-7-16(8-11-26)27-18-13-15(23)5-6-17(18)24-19(27)28;1-20(2,3)30-19(27)24-12-9-21(4,14-24)25-10-7-16(8-11-25)23-17-13-15(22)5-6-18(17)26(28)29/h5-6,13,16H,7-12,14H2,1-4H3,(H,24,28);5-6,13,16,23H,7-12,14H2,1-4H3. The molecular formula is C43H62F2N8O7. The molecule has 4 aliphatic rings. The summed E-state index contributed by atoms with van der Waals surface area (Å²) in [5, 5.41) is 14.4. The first kappa shape index (κ1) is 44.8. The van der Waals surface area contributed by atoms with E-state index in [9.17, 15) is 33.3 Å². The second-order valence-electron chi connectivity index (χ2n) is 19.3. The SMILES string of the molecule is CC(C)(C)OC(=O)N1CCC(C)(N2CCC(Nc3cc(F)ccc3[N+](=O)[O-])CC2)C1.CC(C)(C)OC(=O)N1CCC(C)(N2CCC(n3c(=O)[nH]c4ccc(F)cc43)CC2)C1. The monoisotopic (exact) mass is 840 g/mol. The van der Waals surface area contributed by atoms with Gasteiger partial charge in [-0.15, -0.1) is 0 Å². The molecule has 5 heterocycles. The number of benzene rings is 2. The van der Waals surface area contributed by atoms with Crippen LogP contribution in [0.25, 0.3) is 11.0 Å². The Bertz CT molecular complexity index is 2100. The second kappa shape index (κ2) is 17.3. The highest BCUT2D eigenvalue weighted by atomic mass is 19.1. The minimum absolute atomic E-state index is 0.0358. The molecule has 330 valence electrons. The third kappa shape index (κ3) is 10.6. The largest absolute Gasteiger partial charge is 0.444 e. The van der Waals surface area contributed by atoms with Gasteiger partial charge < -0.3 is 29.6 Å². The van der Waals surface area contributed by atoms with Crippen LogP contribution >= 0.6 is 0 Å². The molecule has 4 fully saturated rings. The van der Waals surface area contributed by atoms with Crippen LogP contribution in [0.5, 0.6) is 0 Å². The Morgan fingerprint density at radius 3 is 1.77 bits per heavy atom. The first-order valence-corrected chi connectivity index (χ1v) is 21.1. The van der Waals surface area contributed by atoms with Gasteiger partial charge in [-0.1, -0.05) is 0 Å². The van der Waals surface area contributed by atoms with Gasteiger partial charge in [-0.25, -0.2) is 23.2 Å². The summed E-state index contributed by atoms with van der Waals surface area (Å²) in [5.74, 6) is -0.838. The summed E-state index contributed by atoms with van der Waals surface area (Å²) in [5.41, 5.74) is -0.0129. The van der Waals surface area contributed by atoms with Gasteiger partial charge >= 0.3 is 17.9 Å². The number of aromatic amines is 1. The van der Waals surface area contributed by atoms with Crippen LogP contribution in [0.15, 0.2) is 41.2 Å². The number of hydrogen-bond acceptors (Lipinski definition) is 10. The van der Waals surface area contributed by atoms with Gasteiger partial charge in [0.1, 0.15) is 28.5 Å². The summed E-state index contributed by atoms with van der Waals surface area (Å²) >= 11 is 0. The Kier molecular flexibility index (Phi) is 12.9. The Morgan fingerprint density at radius 1 is 0.783 bits per heavy atom. The van der Waals surface area contributed by atoms with Crippen molar-refractivity contribution in [2.24, 2.45) is 0 Å². The van der Waals surface area contributed by atoms with E-state index >= 15 is 0 Å². The molecule has 0 bridgehead atoms. The topological polar surface area (TPSA) is 159 Å².